The number of imide groups is 1. The van der Waals surface area contributed by atoms with Gasteiger partial charge in [0.05, 0.1) is 5.52 Å². The van der Waals surface area contributed by atoms with Crippen LogP contribution in [0.2, 0.25) is 0 Å². The number of hydrogen-bond acceptors (Lipinski definition) is 7. The van der Waals surface area contributed by atoms with Gasteiger partial charge in [-0.3, -0.25) is 19.7 Å². The SMILES string of the molecule is Cn1nc(N2CCC(=O)NC2=O)c2ccc(C3CCN(CCC4CCCN(S(=O)(=O)N5CCC(N)CC5)C4)CC3)cc21. The fraction of sp³-hybridized carbons (Fsp3) is 0.690. The highest BCUT2D eigenvalue weighted by molar-refractivity contribution is 7.86. The van der Waals surface area contributed by atoms with E-state index in [-0.39, 0.29) is 18.4 Å². The average molecular weight is 601 g/mol. The van der Waals surface area contributed by atoms with Crippen molar-refractivity contribution >= 4 is 38.9 Å². The first-order valence-electron chi connectivity index (χ1n) is 15.5. The number of nitrogens with two attached hydrogens (primary N) is 1. The number of nitrogens with one attached hydrogen (secondary N) is 1. The third kappa shape index (κ3) is 6.07. The molecule has 3 amide bonds. The fourth-order valence-corrected chi connectivity index (χ4v) is 8.83. The number of urea groups is 1. The number of amides is 3. The van der Waals surface area contributed by atoms with Gasteiger partial charge in [-0.25, -0.2) is 4.79 Å². The number of carbonyl (C=O) groups is 2. The molecule has 3 N–H and O–H groups in total. The maximum absolute atomic E-state index is 13.2. The van der Waals surface area contributed by atoms with E-state index in [9.17, 15) is 18.0 Å². The summed E-state index contributed by atoms with van der Waals surface area (Å²) in [5, 5.41) is 7.91. The lowest BCUT2D eigenvalue weighted by molar-refractivity contribution is -0.120. The second-order valence-electron chi connectivity index (χ2n) is 12.5. The van der Waals surface area contributed by atoms with Gasteiger partial charge in [0.15, 0.2) is 5.82 Å². The van der Waals surface area contributed by atoms with Crippen molar-refractivity contribution in [2.45, 2.75) is 63.3 Å². The molecule has 4 aliphatic rings. The molecule has 12 nitrogen and oxygen atoms in total. The van der Waals surface area contributed by atoms with Crippen LogP contribution in [0, 0.1) is 5.92 Å². The van der Waals surface area contributed by atoms with E-state index in [2.05, 4.69) is 33.5 Å². The van der Waals surface area contributed by atoms with E-state index in [1.807, 2.05) is 11.7 Å². The summed E-state index contributed by atoms with van der Waals surface area (Å²) in [7, 11) is -1.50. The van der Waals surface area contributed by atoms with E-state index in [1.165, 1.54) is 5.56 Å². The minimum absolute atomic E-state index is 0.115. The predicted molar refractivity (Wildman–Crippen MR) is 161 cm³/mol. The minimum atomic E-state index is -3.40. The summed E-state index contributed by atoms with van der Waals surface area (Å²) in [4.78, 5) is 28.1. The lowest BCUT2D eigenvalue weighted by atomic mass is 9.88. The molecule has 230 valence electrons. The quantitative estimate of drug-likeness (QED) is 0.496. The molecule has 1 unspecified atom stereocenters. The van der Waals surface area contributed by atoms with Crippen LogP contribution in [-0.2, 0) is 22.1 Å². The highest BCUT2D eigenvalue weighted by Crippen LogP contribution is 2.34. The van der Waals surface area contributed by atoms with E-state index >= 15 is 0 Å². The Kier molecular flexibility index (Phi) is 8.56. The third-order valence-electron chi connectivity index (χ3n) is 9.71. The first-order chi connectivity index (χ1) is 20.2. The number of nitrogens with zero attached hydrogens (tertiary/aromatic N) is 6. The lowest BCUT2D eigenvalue weighted by Crippen LogP contribution is -2.51. The van der Waals surface area contributed by atoms with Crippen molar-refractivity contribution in [2.24, 2.45) is 18.7 Å². The molecule has 42 heavy (non-hydrogen) atoms. The summed E-state index contributed by atoms with van der Waals surface area (Å²) < 4.78 is 31.7. The number of anilines is 1. The van der Waals surface area contributed by atoms with Gasteiger partial charge >= 0.3 is 6.03 Å². The van der Waals surface area contributed by atoms with Gasteiger partial charge in [-0.15, -0.1) is 0 Å². The summed E-state index contributed by atoms with van der Waals surface area (Å²) in [5.74, 6) is 1.21. The van der Waals surface area contributed by atoms with E-state index in [4.69, 9.17) is 5.73 Å². The number of likely N-dealkylation sites (tertiary alicyclic amines) is 1. The Balaban J connectivity index is 1.01. The second kappa shape index (κ2) is 12.2. The molecule has 0 radical (unpaired) electrons. The maximum atomic E-state index is 13.2. The van der Waals surface area contributed by atoms with Crippen LogP contribution >= 0.6 is 0 Å². The Morgan fingerprint density at radius 1 is 0.976 bits per heavy atom. The summed E-state index contributed by atoms with van der Waals surface area (Å²) in [6.45, 7) is 5.73. The van der Waals surface area contributed by atoms with Crippen molar-refractivity contribution in [3.63, 3.8) is 0 Å². The molecule has 13 heteroatoms. The molecule has 6 rings (SSSR count). The molecule has 4 fully saturated rings. The van der Waals surface area contributed by atoms with E-state index in [0.29, 0.717) is 50.4 Å². The monoisotopic (exact) mass is 600 g/mol. The Morgan fingerprint density at radius 3 is 2.48 bits per heavy atom. The highest BCUT2D eigenvalue weighted by Gasteiger charge is 2.35. The van der Waals surface area contributed by atoms with Crippen LogP contribution < -0.4 is 16.0 Å². The molecule has 2 aromatic rings. The van der Waals surface area contributed by atoms with E-state index < -0.39 is 16.2 Å². The Bertz CT molecular complexity index is 1410. The number of carbonyl (C=O) groups excluding carboxylic acids is 2. The maximum Gasteiger partial charge on any atom is 0.329 e. The molecule has 1 aromatic heterocycles. The Hall–Kier alpha value is -2.58. The smallest absolute Gasteiger partial charge is 0.328 e. The molecule has 0 spiro atoms. The molecule has 1 atom stereocenters. The molecule has 4 saturated heterocycles. The largest absolute Gasteiger partial charge is 0.329 e. The number of piperidine rings is 3. The van der Waals surface area contributed by atoms with Crippen molar-refractivity contribution in [3.8, 4) is 0 Å². The summed E-state index contributed by atoms with van der Waals surface area (Å²) in [5.41, 5.74) is 8.27. The van der Waals surface area contributed by atoms with Gasteiger partial charge in [0, 0.05) is 57.6 Å². The van der Waals surface area contributed by atoms with Crippen LogP contribution in [0.5, 0.6) is 0 Å². The van der Waals surface area contributed by atoms with Crippen molar-refractivity contribution in [3.05, 3.63) is 23.8 Å². The van der Waals surface area contributed by atoms with Crippen LogP contribution in [0.25, 0.3) is 10.9 Å². The molecule has 5 heterocycles. The van der Waals surface area contributed by atoms with Crippen molar-refractivity contribution in [2.75, 3.05) is 57.3 Å². The molecular formula is C29H44N8O4S. The molecule has 0 bridgehead atoms. The first kappa shape index (κ1) is 29.5. The number of benzene rings is 1. The van der Waals surface area contributed by atoms with Gasteiger partial charge in [-0.2, -0.15) is 22.1 Å². The van der Waals surface area contributed by atoms with Gasteiger partial charge in [-0.05, 0) is 94.1 Å². The summed E-state index contributed by atoms with van der Waals surface area (Å²) >= 11 is 0. The van der Waals surface area contributed by atoms with Crippen LogP contribution in [0.4, 0.5) is 10.6 Å². The number of fused-ring (bicyclic) bond motifs is 1. The van der Waals surface area contributed by atoms with Crippen LogP contribution in [-0.4, -0.2) is 102 Å². The molecular weight excluding hydrogens is 556 g/mol. The predicted octanol–water partition coefficient (Wildman–Crippen LogP) is 1.97. The van der Waals surface area contributed by atoms with Gasteiger partial charge in [0.25, 0.3) is 10.2 Å². The topological polar surface area (TPSA) is 137 Å². The Morgan fingerprint density at radius 2 is 1.74 bits per heavy atom. The summed E-state index contributed by atoms with van der Waals surface area (Å²) in [6, 6.07) is 6.12. The molecule has 1 aromatic carbocycles. The van der Waals surface area contributed by atoms with E-state index in [1.54, 1.807) is 13.5 Å². The second-order valence-corrected chi connectivity index (χ2v) is 14.4. The van der Waals surface area contributed by atoms with Crippen LogP contribution in [0.15, 0.2) is 18.2 Å². The number of hydrogen-bond donors (Lipinski definition) is 2. The van der Waals surface area contributed by atoms with Gasteiger partial charge in [0.1, 0.15) is 0 Å². The van der Waals surface area contributed by atoms with Gasteiger partial charge in [-0.1, -0.05) is 6.07 Å². The standard InChI is InChI=1S/C29H44N8O4S/c1-33-26-19-23(4-5-25(26)28(32-33)37-18-11-27(38)31-29(37)39)22-7-14-34(15-8-22)13-6-21-3-2-12-36(20-21)42(40,41)35-16-9-24(30)10-17-35/h4-5,19,21-22,24H,2-3,6-18,20,30H2,1H3,(H,31,38,39). The number of aromatic nitrogens is 2. The van der Waals surface area contributed by atoms with Gasteiger partial charge < -0.3 is 10.6 Å². The average Bonchev–Trinajstić information content (AvgIpc) is 3.32. The molecule has 0 aliphatic carbocycles. The zero-order valence-corrected chi connectivity index (χ0v) is 25.4. The van der Waals surface area contributed by atoms with E-state index in [0.717, 1.165) is 75.5 Å². The zero-order chi connectivity index (χ0) is 29.4. The normalized spacial score (nSPS) is 24.9. The molecule has 0 saturated carbocycles. The van der Waals surface area contributed by atoms with Crippen LogP contribution in [0.3, 0.4) is 0 Å². The minimum Gasteiger partial charge on any atom is -0.328 e. The van der Waals surface area contributed by atoms with Crippen molar-refractivity contribution < 1.29 is 18.0 Å². The lowest BCUT2D eigenvalue weighted by Gasteiger charge is -2.38. The third-order valence-corrected chi connectivity index (χ3v) is 11.7. The number of rotatable bonds is 7. The summed E-state index contributed by atoms with van der Waals surface area (Å²) in [6.07, 6.45) is 6.96. The van der Waals surface area contributed by atoms with Gasteiger partial charge in [0.2, 0.25) is 5.91 Å². The fourth-order valence-electron chi connectivity index (χ4n) is 7.07. The van der Waals surface area contributed by atoms with Crippen molar-refractivity contribution in [1.29, 1.82) is 0 Å². The number of aryl methyl sites for hydroxylation is 1. The molecule has 4 aliphatic heterocycles. The van der Waals surface area contributed by atoms with Crippen LogP contribution in [0.1, 0.15) is 62.8 Å². The van der Waals surface area contributed by atoms with Crippen molar-refractivity contribution in [1.82, 2.24) is 28.6 Å². The Labute approximate surface area is 248 Å². The zero-order valence-electron chi connectivity index (χ0n) is 24.6. The highest BCUT2D eigenvalue weighted by atomic mass is 32.2. The first-order valence-corrected chi connectivity index (χ1v) is 16.9.